The molecule has 1 heterocycles. The van der Waals surface area contributed by atoms with Crippen molar-refractivity contribution in [2.24, 2.45) is 0 Å². The van der Waals surface area contributed by atoms with E-state index in [4.69, 9.17) is 5.11 Å². The van der Waals surface area contributed by atoms with Crippen LogP contribution in [0.2, 0.25) is 0 Å². The molecular weight excluding hydrogens is 178 g/mol. The smallest absolute Gasteiger partial charge is 0.323 e. The lowest BCUT2D eigenvalue weighted by Crippen LogP contribution is -2.38. The number of nitrogens with zero attached hydrogens (tertiary/aromatic N) is 1. The van der Waals surface area contributed by atoms with Gasteiger partial charge in [-0.05, 0) is 0 Å². The first kappa shape index (κ1) is 9.73. The van der Waals surface area contributed by atoms with Gasteiger partial charge in [0.25, 0.3) is 0 Å². The number of hydrogen-bond donors (Lipinski definition) is 1. The summed E-state index contributed by atoms with van der Waals surface area (Å²) in [5.74, 6) is -7.91. The van der Waals surface area contributed by atoms with Crippen molar-refractivity contribution in [1.82, 2.24) is 4.90 Å². The first-order chi connectivity index (χ1) is 5.39. The minimum atomic E-state index is -3.96. The molecule has 0 aromatic heterocycles. The summed E-state index contributed by atoms with van der Waals surface area (Å²) >= 11 is 0. The molecule has 1 aliphatic rings. The number of β-amino-alcohol motifs (C(OH)–C–C–N with tert-alkyl or cyclic N) is 1. The van der Waals surface area contributed by atoms with Gasteiger partial charge in [-0.2, -0.15) is 17.6 Å². The molecule has 1 saturated heterocycles. The van der Waals surface area contributed by atoms with Gasteiger partial charge >= 0.3 is 11.8 Å². The Morgan fingerprint density at radius 3 is 1.83 bits per heavy atom. The molecule has 1 fully saturated rings. The molecule has 1 aliphatic heterocycles. The van der Waals surface area contributed by atoms with Crippen molar-refractivity contribution in [1.29, 1.82) is 0 Å². The number of aliphatic hydroxyl groups excluding tert-OH is 1. The van der Waals surface area contributed by atoms with Crippen LogP contribution in [0, 0.1) is 0 Å². The highest BCUT2D eigenvalue weighted by atomic mass is 19.3. The summed E-state index contributed by atoms with van der Waals surface area (Å²) in [4.78, 5) is 0.847. The second kappa shape index (κ2) is 2.85. The Balaban J connectivity index is 2.61. The van der Waals surface area contributed by atoms with E-state index in [2.05, 4.69) is 0 Å². The van der Waals surface area contributed by atoms with Gasteiger partial charge in [-0.25, -0.2) is 0 Å². The quantitative estimate of drug-likeness (QED) is 0.638. The van der Waals surface area contributed by atoms with Crippen LogP contribution in [0.1, 0.15) is 0 Å². The van der Waals surface area contributed by atoms with E-state index >= 15 is 0 Å². The highest BCUT2D eigenvalue weighted by molar-refractivity contribution is 4.96. The molecule has 0 radical (unpaired) electrons. The summed E-state index contributed by atoms with van der Waals surface area (Å²) in [5.41, 5.74) is 0. The van der Waals surface area contributed by atoms with Gasteiger partial charge in [-0.3, -0.25) is 4.90 Å². The SMILES string of the molecule is OCCN1CC(F)(F)C(F)(F)C1. The van der Waals surface area contributed by atoms with Gasteiger partial charge in [0.1, 0.15) is 0 Å². The molecule has 0 aliphatic carbocycles. The van der Waals surface area contributed by atoms with Crippen molar-refractivity contribution in [2.45, 2.75) is 11.8 Å². The molecular formula is C6H9F4NO. The lowest BCUT2D eigenvalue weighted by atomic mass is 10.2. The van der Waals surface area contributed by atoms with Gasteiger partial charge in [-0.15, -0.1) is 0 Å². The molecule has 1 rings (SSSR count). The maximum atomic E-state index is 12.4. The Labute approximate surface area is 66.8 Å². The molecule has 0 amide bonds. The Bertz CT molecular complexity index is 157. The molecule has 0 aromatic carbocycles. The molecule has 0 bridgehead atoms. The predicted octanol–water partition coefficient (Wildman–Crippen LogP) is 0.565. The van der Waals surface area contributed by atoms with Crippen LogP contribution in [-0.4, -0.2) is 48.1 Å². The average Bonchev–Trinajstić information content (AvgIpc) is 2.02. The van der Waals surface area contributed by atoms with Crippen molar-refractivity contribution in [2.75, 3.05) is 26.2 Å². The van der Waals surface area contributed by atoms with E-state index in [-0.39, 0.29) is 13.2 Å². The van der Waals surface area contributed by atoms with E-state index in [1.54, 1.807) is 0 Å². The van der Waals surface area contributed by atoms with E-state index < -0.39 is 24.9 Å². The largest absolute Gasteiger partial charge is 0.395 e. The molecule has 0 saturated carbocycles. The third-order valence-corrected chi connectivity index (χ3v) is 1.80. The van der Waals surface area contributed by atoms with Gasteiger partial charge in [-0.1, -0.05) is 0 Å². The van der Waals surface area contributed by atoms with E-state index in [0.717, 1.165) is 4.90 Å². The van der Waals surface area contributed by atoms with Crippen LogP contribution in [0.25, 0.3) is 0 Å². The van der Waals surface area contributed by atoms with Crippen LogP contribution in [0.3, 0.4) is 0 Å². The van der Waals surface area contributed by atoms with Crippen LogP contribution >= 0.6 is 0 Å². The van der Waals surface area contributed by atoms with Crippen LogP contribution < -0.4 is 0 Å². The maximum absolute atomic E-state index is 12.4. The van der Waals surface area contributed by atoms with E-state index in [9.17, 15) is 17.6 Å². The van der Waals surface area contributed by atoms with Crippen molar-refractivity contribution in [3.63, 3.8) is 0 Å². The van der Waals surface area contributed by atoms with Gasteiger partial charge < -0.3 is 5.11 Å². The fraction of sp³-hybridized carbons (Fsp3) is 1.00. The van der Waals surface area contributed by atoms with Crippen LogP contribution in [0.15, 0.2) is 0 Å². The molecule has 12 heavy (non-hydrogen) atoms. The van der Waals surface area contributed by atoms with Crippen molar-refractivity contribution >= 4 is 0 Å². The van der Waals surface area contributed by atoms with Crippen LogP contribution in [0.5, 0.6) is 0 Å². The van der Waals surface area contributed by atoms with Gasteiger partial charge in [0.05, 0.1) is 19.7 Å². The predicted molar refractivity (Wildman–Crippen MR) is 33.4 cm³/mol. The van der Waals surface area contributed by atoms with Crippen LogP contribution in [-0.2, 0) is 0 Å². The standard InChI is InChI=1S/C6H9F4NO/c7-5(8)3-11(1-2-12)4-6(5,9)10/h12H,1-4H2. The number of likely N-dealkylation sites (tertiary alicyclic amines) is 1. The summed E-state index contributed by atoms with van der Waals surface area (Å²) in [6.07, 6.45) is 0. The molecule has 0 spiro atoms. The Morgan fingerprint density at radius 1 is 1.08 bits per heavy atom. The zero-order chi connectivity index (χ0) is 9.41. The monoisotopic (exact) mass is 187 g/mol. The maximum Gasteiger partial charge on any atom is 0.323 e. The fourth-order valence-electron chi connectivity index (χ4n) is 1.15. The number of aliphatic hydroxyl groups is 1. The topological polar surface area (TPSA) is 23.5 Å². The summed E-state index contributed by atoms with van der Waals surface area (Å²) in [5, 5.41) is 8.34. The number of rotatable bonds is 2. The third-order valence-electron chi connectivity index (χ3n) is 1.80. The molecule has 2 nitrogen and oxygen atoms in total. The first-order valence-electron chi connectivity index (χ1n) is 3.48. The molecule has 1 N–H and O–H groups in total. The van der Waals surface area contributed by atoms with Crippen molar-refractivity contribution < 1.29 is 22.7 Å². The Kier molecular flexibility index (Phi) is 2.31. The number of alkyl halides is 4. The third kappa shape index (κ3) is 1.54. The van der Waals surface area contributed by atoms with Gasteiger partial charge in [0.15, 0.2) is 0 Å². The molecule has 0 aromatic rings. The molecule has 0 unspecified atom stereocenters. The highest BCUT2D eigenvalue weighted by Crippen LogP contribution is 2.40. The Morgan fingerprint density at radius 2 is 1.50 bits per heavy atom. The molecule has 6 heteroatoms. The first-order valence-corrected chi connectivity index (χ1v) is 3.48. The molecule has 0 atom stereocenters. The zero-order valence-electron chi connectivity index (χ0n) is 6.23. The highest BCUT2D eigenvalue weighted by Gasteiger charge is 2.62. The fourth-order valence-corrected chi connectivity index (χ4v) is 1.15. The number of halogens is 4. The minimum absolute atomic E-state index is 0.134. The average molecular weight is 187 g/mol. The molecule has 72 valence electrons. The van der Waals surface area contributed by atoms with Crippen LogP contribution in [0.4, 0.5) is 17.6 Å². The summed E-state index contributed by atoms with van der Waals surface area (Å²) in [7, 11) is 0. The van der Waals surface area contributed by atoms with E-state index in [0.29, 0.717) is 0 Å². The summed E-state index contributed by atoms with van der Waals surface area (Å²) in [6.45, 7) is -2.46. The van der Waals surface area contributed by atoms with Crippen molar-refractivity contribution in [3.8, 4) is 0 Å². The summed E-state index contributed by atoms with van der Waals surface area (Å²) in [6, 6.07) is 0. The lowest BCUT2D eigenvalue weighted by Gasteiger charge is -2.15. The Hall–Kier alpha value is -0.360. The normalized spacial score (nSPS) is 27.8. The second-order valence-corrected chi connectivity index (χ2v) is 2.84. The minimum Gasteiger partial charge on any atom is -0.395 e. The summed E-state index contributed by atoms with van der Waals surface area (Å²) < 4.78 is 49.7. The lowest BCUT2D eigenvalue weighted by molar-refractivity contribution is -0.172. The van der Waals surface area contributed by atoms with Crippen molar-refractivity contribution in [3.05, 3.63) is 0 Å². The van der Waals surface area contributed by atoms with Gasteiger partial charge in [0.2, 0.25) is 0 Å². The van der Waals surface area contributed by atoms with E-state index in [1.165, 1.54) is 0 Å². The second-order valence-electron chi connectivity index (χ2n) is 2.84. The van der Waals surface area contributed by atoms with Gasteiger partial charge in [0, 0.05) is 6.54 Å². The van der Waals surface area contributed by atoms with E-state index in [1.807, 2.05) is 0 Å². The number of hydrogen-bond acceptors (Lipinski definition) is 2. The zero-order valence-corrected chi connectivity index (χ0v) is 6.23.